The molecule has 0 saturated heterocycles. The highest BCUT2D eigenvalue weighted by molar-refractivity contribution is 6.34. The van der Waals surface area contributed by atoms with Crippen LogP contribution >= 0.6 is 11.6 Å². The van der Waals surface area contributed by atoms with Crippen molar-refractivity contribution in [1.29, 1.82) is 5.41 Å². The van der Waals surface area contributed by atoms with Crippen LogP contribution in [0.15, 0.2) is 41.1 Å². The van der Waals surface area contributed by atoms with Crippen molar-refractivity contribution in [3.8, 4) is 0 Å². The van der Waals surface area contributed by atoms with Gasteiger partial charge in [-0.3, -0.25) is 9.59 Å². The van der Waals surface area contributed by atoms with Crippen LogP contribution in [0.25, 0.3) is 0 Å². The van der Waals surface area contributed by atoms with Gasteiger partial charge >= 0.3 is 5.97 Å². The van der Waals surface area contributed by atoms with Crippen molar-refractivity contribution in [2.75, 3.05) is 0 Å². The van der Waals surface area contributed by atoms with Gasteiger partial charge in [0.25, 0.3) is 5.91 Å². The molecule has 3 aliphatic carbocycles. The van der Waals surface area contributed by atoms with Crippen LogP contribution in [0.3, 0.4) is 0 Å². The average molecular weight is 455 g/mol. The van der Waals surface area contributed by atoms with Crippen molar-refractivity contribution < 1.29 is 19.5 Å². The predicted molar refractivity (Wildman–Crippen MR) is 122 cm³/mol. The van der Waals surface area contributed by atoms with Crippen LogP contribution in [0.5, 0.6) is 0 Å². The molecule has 1 amide bonds. The van der Waals surface area contributed by atoms with Gasteiger partial charge < -0.3 is 20.6 Å². The van der Waals surface area contributed by atoms with Crippen LogP contribution in [0.2, 0.25) is 5.02 Å². The molecule has 1 fully saturated rings. The topological polar surface area (TPSA) is 107 Å². The van der Waals surface area contributed by atoms with E-state index in [0.29, 0.717) is 66.4 Å². The molecule has 0 aromatic heterocycles. The lowest BCUT2D eigenvalue weighted by molar-refractivity contribution is -0.141. The lowest BCUT2D eigenvalue weighted by Gasteiger charge is -2.27. The molecule has 6 nitrogen and oxygen atoms in total. The molecule has 168 valence electrons. The van der Waals surface area contributed by atoms with Gasteiger partial charge in [0.15, 0.2) is 0 Å². The molecule has 3 N–H and O–H groups in total. The fourth-order valence-electron chi connectivity index (χ4n) is 4.68. The van der Waals surface area contributed by atoms with Crippen LogP contribution in [0.4, 0.5) is 0 Å². The SMILES string of the molecule is N=C(C1=CCC(C(=O)O)CC1)C1=C(NC(=O)c2c(Cl)cccc2C2CC2)CC(C=O)CC1. The van der Waals surface area contributed by atoms with E-state index in [1.807, 2.05) is 18.2 Å². The third kappa shape index (κ3) is 4.70. The van der Waals surface area contributed by atoms with Crippen LogP contribution in [0.1, 0.15) is 73.2 Å². The highest BCUT2D eigenvalue weighted by atomic mass is 35.5. The van der Waals surface area contributed by atoms with E-state index in [1.54, 1.807) is 6.07 Å². The Morgan fingerprint density at radius 2 is 1.94 bits per heavy atom. The lowest BCUT2D eigenvalue weighted by atomic mass is 9.80. The van der Waals surface area contributed by atoms with Gasteiger partial charge in [-0.2, -0.15) is 0 Å². The second-order valence-electron chi connectivity index (χ2n) is 8.94. The Kier molecular flexibility index (Phi) is 6.60. The van der Waals surface area contributed by atoms with E-state index < -0.39 is 11.9 Å². The number of aldehydes is 1. The van der Waals surface area contributed by atoms with Crippen molar-refractivity contribution in [1.82, 2.24) is 5.32 Å². The summed E-state index contributed by atoms with van der Waals surface area (Å²) in [5.41, 5.74) is 3.91. The molecule has 0 heterocycles. The van der Waals surface area contributed by atoms with E-state index in [-0.39, 0.29) is 11.8 Å². The molecule has 32 heavy (non-hydrogen) atoms. The fraction of sp³-hybridized carbons (Fsp3) is 0.440. The van der Waals surface area contributed by atoms with Crippen molar-refractivity contribution >= 4 is 35.5 Å². The molecule has 2 unspecified atom stereocenters. The first-order chi connectivity index (χ1) is 15.4. The quantitative estimate of drug-likeness (QED) is 0.396. The molecule has 1 saturated carbocycles. The first-order valence-corrected chi connectivity index (χ1v) is 11.5. The van der Waals surface area contributed by atoms with Gasteiger partial charge in [0, 0.05) is 11.6 Å². The zero-order chi connectivity index (χ0) is 22.8. The average Bonchev–Trinajstić information content (AvgIpc) is 3.63. The summed E-state index contributed by atoms with van der Waals surface area (Å²) in [6.45, 7) is 0. The molecule has 1 aromatic rings. The summed E-state index contributed by atoms with van der Waals surface area (Å²) < 4.78 is 0. The number of nitrogens with one attached hydrogen (secondary N) is 2. The Morgan fingerprint density at radius 1 is 1.16 bits per heavy atom. The summed E-state index contributed by atoms with van der Waals surface area (Å²) in [7, 11) is 0. The lowest BCUT2D eigenvalue weighted by Crippen LogP contribution is -2.31. The number of aliphatic carboxylic acids is 1. The second-order valence-corrected chi connectivity index (χ2v) is 9.35. The molecular weight excluding hydrogens is 428 g/mol. The number of hydrogen-bond acceptors (Lipinski definition) is 4. The van der Waals surface area contributed by atoms with E-state index in [2.05, 4.69) is 5.32 Å². The highest BCUT2D eigenvalue weighted by Gasteiger charge is 2.32. The first kappa shape index (κ1) is 22.5. The zero-order valence-electron chi connectivity index (χ0n) is 17.8. The Hall–Kier alpha value is -2.73. The number of carboxylic acid groups (broad SMARTS) is 1. The molecular formula is C25H27ClN2O4. The zero-order valence-corrected chi connectivity index (χ0v) is 18.6. The molecule has 0 bridgehead atoms. The van der Waals surface area contributed by atoms with Gasteiger partial charge in [-0.1, -0.05) is 29.8 Å². The molecule has 1 aromatic carbocycles. The van der Waals surface area contributed by atoms with E-state index in [0.717, 1.165) is 35.8 Å². The van der Waals surface area contributed by atoms with E-state index in [4.69, 9.17) is 17.0 Å². The van der Waals surface area contributed by atoms with Crippen molar-refractivity contribution in [3.05, 3.63) is 57.3 Å². The number of hydrogen-bond donors (Lipinski definition) is 3. The van der Waals surface area contributed by atoms with Crippen LogP contribution in [-0.4, -0.2) is 29.0 Å². The van der Waals surface area contributed by atoms with Gasteiger partial charge in [0.2, 0.25) is 0 Å². The molecule has 0 aliphatic heterocycles. The summed E-state index contributed by atoms with van der Waals surface area (Å²) in [4.78, 5) is 36.0. The summed E-state index contributed by atoms with van der Waals surface area (Å²) in [6, 6.07) is 5.51. The van der Waals surface area contributed by atoms with Crippen LogP contribution in [0, 0.1) is 17.2 Å². The predicted octanol–water partition coefficient (Wildman–Crippen LogP) is 5.03. The smallest absolute Gasteiger partial charge is 0.306 e. The van der Waals surface area contributed by atoms with Gasteiger partial charge in [0.1, 0.15) is 6.29 Å². The van der Waals surface area contributed by atoms with E-state index in [1.165, 1.54) is 0 Å². The first-order valence-electron chi connectivity index (χ1n) is 11.2. The van der Waals surface area contributed by atoms with Gasteiger partial charge in [0.05, 0.1) is 22.2 Å². The number of halogens is 1. The van der Waals surface area contributed by atoms with Gasteiger partial charge in [-0.25, -0.2) is 0 Å². The summed E-state index contributed by atoms with van der Waals surface area (Å²) >= 11 is 6.40. The number of allylic oxidation sites excluding steroid dienone is 4. The van der Waals surface area contributed by atoms with Crippen LogP contribution < -0.4 is 5.32 Å². The third-order valence-electron chi connectivity index (χ3n) is 6.73. The van der Waals surface area contributed by atoms with E-state index >= 15 is 0 Å². The number of benzene rings is 1. The fourth-order valence-corrected chi connectivity index (χ4v) is 4.95. The minimum Gasteiger partial charge on any atom is -0.481 e. The minimum absolute atomic E-state index is 0.201. The number of carbonyl (C=O) groups is 3. The molecule has 0 spiro atoms. The molecule has 7 heteroatoms. The number of carbonyl (C=O) groups excluding carboxylic acids is 2. The molecule has 4 rings (SSSR count). The summed E-state index contributed by atoms with van der Waals surface area (Å²) in [6.07, 6.45) is 7.78. The maximum absolute atomic E-state index is 13.3. The monoisotopic (exact) mass is 454 g/mol. The maximum atomic E-state index is 13.3. The Balaban J connectivity index is 1.62. The van der Waals surface area contributed by atoms with E-state index in [9.17, 15) is 19.5 Å². The standard InChI is InChI=1S/C25H27ClN2O4/c26-20-3-1-2-18(15-5-6-15)22(20)24(30)28-21-12-14(13-29)4-11-19(21)23(27)16-7-9-17(10-8-16)25(31)32/h1-3,7,13-15,17,27H,4-6,8-12H2,(H,28,30)(H,31,32). The molecule has 2 atom stereocenters. The summed E-state index contributed by atoms with van der Waals surface area (Å²) in [5.74, 6) is -1.37. The minimum atomic E-state index is -0.809. The Labute approximate surface area is 192 Å². The third-order valence-corrected chi connectivity index (χ3v) is 7.04. The largest absolute Gasteiger partial charge is 0.481 e. The van der Waals surface area contributed by atoms with Crippen molar-refractivity contribution in [3.63, 3.8) is 0 Å². The number of carboxylic acids is 1. The normalized spacial score (nSPS) is 23.3. The second kappa shape index (κ2) is 9.41. The number of amides is 1. The van der Waals surface area contributed by atoms with Crippen molar-refractivity contribution in [2.24, 2.45) is 11.8 Å². The van der Waals surface area contributed by atoms with Crippen LogP contribution in [-0.2, 0) is 9.59 Å². The van der Waals surface area contributed by atoms with Crippen molar-refractivity contribution in [2.45, 2.75) is 57.3 Å². The number of rotatable bonds is 7. The summed E-state index contributed by atoms with van der Waals surface area (Å²) in [5, 5.41) is 21.4. The maximum Gasteiger partial charge on any atom is 0.306 e. The highest BCUT2D eigenvalue weighted by Crippen LogP contribution is 2.43. The molecule has 3 aliphatic rings. The molecule has 0 radical (unpaired) electrons. The Morgan fingerprint density at radius 3 is 2.56 bits per heavy atom. The Bertz CT molecular complexity index is 1040. The van der Waals surface area contributed by atoms with Gasteiger partial charge in [-0.15, -0.1) is 0 Å². The van der Waals surface area contributed by atoms with Gasteiger partial charge in [-0.05, 0) is 80.1 Å².